The molecule has 156 valence electrons. The number of nitrogens with zero attached hydrogens (tertiary/aromatic N) is 1. The zero-order valence-corrected chi connectivity index (χ0v) is 17.5. The van der Waals surface area contributed by atoms with Crippen molar-refractivity contribution in [2.24, 2.45) is 5.73 Å². The number of hydrogen-bond acceptors (Lipinski definition) is 5. The summed E-state index contributed by atoms with van der Waals surface area (Å²) in [6, 6.07) is 14.8. The summed E-state index contributed by atoms with van der Waals surface area (Å²) in [6.45, 7) is 3.62. The maximum Gasteiger partial charge on any atom is 0.255 e. The van der Waals surface area contributed by atoms with Crippen LogP contribution in [0.5, 0.6) is 11.5 Å². The lowest BCUT2D eigenvalue weighted by Gasteiger charge is -2.32. The Kier molecular flexibility index (Phi) is 7.75. The summed E-state index contributed by atoms with van der Waals surface area (Å²) in [5, 5.41) is 4.02. The molecule has 1 saturated heterocycles. The first kappa shape index (κ1) is 21.4. The van der Waals surface area contributed by atoms with Gasteiger partial charge in [0.1, 0.15) is 0 Å². The van der Waals surface area contributed by atoms with Crippen LogP contribution in [0, 0.1) is 0 Å². The van der Waals surface area contributed by atoms with E-state index in [1.165, 1.54) is 5.56 Å². The van der Waals surface area contributed by atoms with Crippen molar-refractivity contribution in [3.05, 3.63) is 58.6 Å². The molecule has 0 bridgehead atoms. The minimum absolute atomic E-state index is 0.241. The number of nitrogens with one attached hydrogen (secondary N) is 1. The fourth-order valence-electron chi connectivity index (χ4n) is 3.56. The number of ether oxygens (including phenoxy) is 2. The molecule has 0 spiro atoms. The van der Waals surface area contributed by atoms with Gasteiger partial charge >= 0.3 is 0 Å². The molecule has 1 aliphatic rings. The van der Waals surface area contributed by atoms with E-state index in [1.807, 2.05) is 12.1 Å². The highest BCUT2D eigenvalue weighted by Gasteiger charge is 2.19. The SMILES string of the molecule is COc1cc(CNC2CCN(Cc3ccccc3)CC2)cc(Cl)c1OCC(N)=O. The van der Waals surface area contributed by atoms with Gasteiger partial charge in [0.15, 0.2) is 18.1 Å². The second-order valence-corrected chi connectivity index (χ2v) is 7.69. The summed E-state index contributed by atoms with van der Waals surface area (Å²) in [5.41, 5.74) is 7.50. The minimum Gasteiger partial charge on any atom is -0.493 e. The maximum absolute atomic E-state index is 11.0. The van der Waals surface area contributed by atoms with Gasteiger partial charge in [-0.05, 0) is 49.2 Å². The number of benzene rings is 2. The van der Waals surface area contributed by atoms with Gasteiger partial charge in [0, 0.05) is 19.1 Å². The van der Waals surface area contributed by atoms with Crippen molar-refractivity contribution in [1.82, 2.24) is 10.2 Å². The number of carbonyl (C=O) groups is 1. The zero-order chi connectivity index (χ0) is 20.6. The molecule has 1 amide bonds. The number of piperidine rings is 1. The molecule has 2 aromatic rings. The number of carbonyl (C=O) groups excluding carboxylic acids is 1. The van der Waals surface area contributed by atoms with E-state index in [9.17, 15) is 4.79 Å². The van der Waals surface area contributed by atoms with Crippen LogP contribution in [0.1, 0.15) is 24.0 Å². The number of primary amides is 1. The van der Waals surface area contributed by atoms with Crippen LogP contribution in [0.2, 0.25) is 5.02 Å². The molecule has 7 heteroatoms. The number of halogens is 1. The molecule has 3 rings (SSSR count). The van der Waals surface area contributed by atoms with Gasteiger partial charge in [0.2, 0.25) is 0 Å². The summed E-state index contributed by atoms with van der Waals surface area (Å²) in [7, 11) is 1.54. The van der Waals surface area contributed by atoms with Gasteiger partial charge in [-0.15, -0.1) is 0 Å². The molecule has 2 aromatic carbocycles. The van der Waals surface area contributed by atoms with Crippen LogP contribution in [-0.2, 0) is 17.9 Å². The molecule has 29 heavy (non-hydrogen) atoms. The van der Waals surface area contributed by atoms with Crippen molar-refractivity contribution in [2.75, 3.05) is 26.8 Å². The lowest BCUT2D eigenvalue weighted by molar-refractivity contribution is -0.119. The summed E-state index contributed by atoms with van der Waals surface area (Å²) < 4.78 is 10.7. The smallest absolute Gasteiger partial charge is 0.255 e. The molecule has 1 heterocycles. The van der Waals surface area contributed by atoms with Gasteiger partial charge in [-0.1, -0.05) is 41.9 Å². The first-order valence-corrected chi connectivity index (χ1v) is 10.2. The highest BCUT2D eigenvalue weighted by Crippen LogP contribution is 2.36. The van der Waals surface area contributed by atoms with Crippen molar-refractivity contribution in [3.63, 3.8) is 0 Å². The van der Waals surface area contributed by atoms with E-state index < -0.39 is 5.91 Å². The van der Waals surface area contributed by atoms with Crippen molar-refractivity contribution in [1.29, 1.82) is 0 Å². The molecule has 0 radical (unpaired) electrons. The summed E-state index contributed by atoms with van der Waals surface area (Å²) >= 11 is 6.32. The number of methoxy groups -OCH3 is 1. The average Bonchev–Trinajstić information content (AvgIpc) is 2.72. The van der Waals surface area contributed by atoms with Crippen molar-refractivity contribution in [3.8, 4) is 11.5 Å². The lowest BCUT2D eigenvalue weighted by Crippen LogP contribution is -2.41. The monoisotopic (exact) mass is 417 g/mol. The van der Waals surface area contributed by atoms with Crippen LogP contribution in [0.4, 0.5) is 0 Å². The third-order valence-corrected chi connectivity index (χ3v) is 5.36. The van der Waals surface area contributed by atoms with Gasteiger partial charge in [0.05, 0.1) is 12.1 Å². The molecular formula is C22H28ClN3O3. The Labute approximate surface area is 176 Å². The number of nitrogens with two attached hydrogens (primary N) is 1. The highest BCUT2D eigenvalue weighted by atomic mass is 35.5. The van der Waals surface area contributed by atoms with E-state index in [0.717, 1.165) is 38.0 Å². The van der Waals surface area contributed by atoms with E-state index in [4.69, 9.17) is 26.8 Å². The largest absolute Gasteiger partial charge is 0.493 e. The minimum atomic E-state index is -0.563. The molecule has 0 unspecified atom stereocenters. The Hall–Kier alpha value is -2.28. The van der Waals surface area contributed by atoms with E-state index in [0.29, 0.717) is 29.1 Å². The third kappa shape index (κ3) is 6.35. The second-order valence-electron chi connectivity index (χ2n) is 7.28. The third-order valence-electron chi connectivity index (χ3n) is 5.08. The van der Waals surface area contributed by atoms with Crippen LogP contribution in [0.3, 0.4) is 0 Å². The Bertz CT molecular complexity index is 808. The van der Waals surface area contributed by atoms with E-state index in [-0.39, 0.29) is 6.61 Å². The van der Waals surface area contributed by atoms with Gasteiger partial charge in [-0.2, -0.15) is 0 Å². The van der Waals surface area contributed by atoms with Gasteiger partial charge in [-0.25, -0.2) is 0 Å². The predicted octanol–water partition coefficient (Wildman–Crippen LogP) is 2.97. The molecule has 0 aromatic heterocycles. The number of amides is 1. The standard InChI is InChI=1S/C22H28ClN3O3/c1-28-20-12-17(11-19(23)22(20)29-15-21(24)27)13-25-18-7-9-26(10-8-18)14-16-5-3-2-4-6-16/h2-6,11-12,18,25H,7-10,13-15H2,1H3,(H2,24,27). The summed E-state index contributed by atoms with van der Waals surface area (Å²) in [6.07, 6.45) is 2.22. The first-order valence-electron chi connectivity index (χ1n) is 9.82. The molecule has 6 nitrogen and oxygen atoms in total. The Balaban J connectivity index is 1.50. The molecule has 1 fully saturated rings. The zero-order valence-electron chi connectivity index (χ0n) is 16.7. The van der Waals surface area contributed by atoms with Gasteiger partial charge in [-0.3, -0.25) is 9.69 Å². The Morgan fingerprint density at radius 3 is 2.59 bits per heavy atom. The molecule has 0 atom stereocenters. The van der Waals surface area contributed by atoms with E-state index in [2.05, 4.69) is 40.5 Å². The fourth-order valence-corrected chi connectivity index (χ4v) is 3.85. The van der Waals surface area contributed by atoms with Gasteiger partial charge in [0.25, 0.3) is 5.91 Å². The van der Waals surface area contributed by atoms with Crippen LogP contribution in [0.25, 0.3) is 0 Å². The molecular weight excluding hydrogens is 390 g/mol. The maximum atomic E-state index is 11.0. The van der Waals surface area contributed by atoms with Crippen molar-refractivity contribution < 1.29 is 14.3 Å². The normalized spacial score (nSPS) is 15.2. The van der Waals surface area contributed by atoms with Gasteiger partial charge < -0.3 is 20.5 Å². The first-order chi connectivity index (χ1) is 14.0. The van der Waals surface area contributed by atoms with Crippen LogP contribution >= 0.6 is 11.6 Å². The van der Waals surface area contributed by atoms with Crippen LogP contribution < -0.4 is 20.5 Å². The summed E-state index contributed by atoms with van der Waals surface area (Å²) in [5.74, 6) is 0.270. The average molecular weight is 418 g/mol. The predicted molar refractivity (Wildman–Crippen MR) is 114 cm³/mol. The quantitative estimate of drug-likeness (QED) is 0.656. The molecule has 0 saturated carbocycles. The second kappa shape index (κ2) is 10.5. The van der Waals surface area contributed by atoms with E-state index in [1.54, 1.807) is 7.11 Å². The topological polar surface area (TPSA) is 76.8 Å². The van der Waals surface area contributed by atoms with Crippen molar-refractivity contribution in [2.45, 2.75) is 32.0 Å². The molecule has 3 N–H and O–H groups in total. The molecule has 0 aliphatic carbocycles. The number of rotatable bonds is 9. The Morgan fingerprint density at radius 2 is 1.93 bits per heavy atom. The Morgan fingerprint density at radius 1 is 1.21 bits per heavy atom. The highest BCUT2D eigenvalue weighted by molar-refractivity contribution is 6.32. The fraction of sp³-hybridized carbons (Fsp3) is 0.409. The van der Waals surface area contributed by atoms with Crippen LogP contribution in [-0.4, -0.2) is 43.7 Å². The lowest BCUT2D eigenvalue weighted by atomic mass is 10.0. The summed E-state index contributed by atoms with van der Waals surface area (Å²) in [4.78, 5) is 13.5. The number of hydrogen-bond donors (Lipinski definition) is 2. The molecule has 1 aliphatic heterocycles. The van der Waals surface area contributed by atoms with Crippen LogP contribution in [0.15, 0.2) is 42.5 Å². The van der Waals surface area contributed by atoms with Crippen molar-refractivity contribution >= 4 is 17.5 Å². The number of likely N-dealkylation sites (tertiary alicyclic amines) is 1. The van der Waals surface area contributed by atoms with E-state index >= 15 is 0 Å².